The first-order valence-corrected chi connectivity index (χ1v) is 7.70. The smallest absolute Gasteiger partial charge is 0.226 e. The fourth-order valence-corrected chi connectivity index (χ4v) is 2.94. The Morgan fingerprint density at radius 1 is 1.24 bits per heavy atom. The van der Waals surface area contributed by atoms with Gasteiger partial charge in [0.2, 0.25) is 5.89 Å². The first kappa shape index (κ1) is 14.3. The van der Waals surface area contributed by atoms with Crippen LogP contribution in [0.15, 0.2) is 41.0 Å². The lowest BCUT2D eigenvalue weighted by atomic mass is 9.98. The van der Waals surface area contributed by atoms with Crippen molar-refractivity contribution in [1.29, 1.82) is 0 Å². The molecule has 1 saturated heterocycles. The van der Waals surface area contributed by atoms with Crippen LogP contribution in [-0.2, 0) is 6.54 Å². The molecule has 4 heteroatoms. The molecule has 1 aliphatic rings. The summed E-state index contributed by atoms with van der Waals surface area (Å²) in [6.07, 6.45) is 4.33. The monoisotopic (exact) mass is 285 g/mol. The van der Waals surface area contributed by atoms with Gasteiger partial charge in [-0.25, -0.2) is 4.98 Å². The van der Waals surface area contributed by atoms with Crippen molar-refractivity contribution in [2.45, 2.75) is 19.4 Å². The molecule has 4 nitrogen and oxygen atoms in total. The lowest BCUT2D eigenvalue weighted by Gasteiger charge is -2.26. The highest BCUT2D eigenvalue weighted by molar-refractivity contribution is 5.52. The van der Waals surface area contributed by atoms with Crippen LogP contribution in [0.3, 0.4) is 0 Å². The molecule has 3 rings (SSSR count). The third-order valence-electron chi connectivity index (χ3n) is 4.03. The van der Waals surface area contributed by atoms with Gasteiger partial charge in [-0.2, -0.15) is 0 Å². The minimum absolute atomic E-state index is 0.709. The Hall–Kier alpha value is -1.65. The van der Waals surface area contributed by atoms with E-state index in [1.54, 1.807) is 6.26 Å². The molecule has 21 heavy (non-hydrogen) atoms. The summed E-state index contributed by atoms with van der Waals surface area (Å²) in [4.78, 5) is 6.94. The molecule has 1 aromatic heterocycles. The fraction of sp³-hybridized carbons (Fsp3) is 0.471. The molecule has 0 spiro atoms. The molecular weight excluding hydrogens is 262 g/mol. The highest BCUT2D eigenvalue weighted by Crippen LogP contribution is 2.19. The highest BCUT2D eigenvalue weighted by atomic mass is 16.3. The Balaban J connectivity index is 1.56. The maximum atomic E-state index is 5.59. The van der Waals surface area contributed by atoms with Gasteiger partial charge in [-0.15, -0.1) is 0 Å². The topological polar surface area (TPSA) is 41.3 Å². The molecule has 2 aromatic rings. The van der Waals surface area contributed by atoms with Crippen LogP contribution in [0.1, 0.15) is 18.5 Å². The molecule has 112 valence electrons. The summed E-state index contributed by atoms with van der Waals surface area (Å²) in [5.41, 5.74) is 2.04. The summed E-state index contributed by atoms with van der Waals surface area (Å²) in [6, 6.07) is 10.0. The molecule has 2 heterocycles. The van der Waals surface area contributed by atoms with Crippen LogP contribution < -0.4 is 5.32 Å². The van der Waals surface area contributed by atoms with Crippen LogP contribution in [-0.4, -0.2) is 36.6 Å². The van der Waals surface area contributed by atoms with Crippen LogP contribution in [0.2, 0.25) is 0 Å². The van der Waals surface area contributed by atoms with Crippen molar-refractivity contribution < 1.29 is 4.42 Å². The van der Waals surface area contributed by atoms with Crippen molar-refractivity contribution in [2.75, 3.05) is 26.7 Å². The maximum Gasteiger partial charge on any atom is 0.226 e. The van der Waals surface area contributed by atoms with E-state index in [1.165, 1.54) is 12.8 Å². The number of benzene rings is 1. The van der Waals surface area contributed by atoms with E-state index >= 15 is 0 Å². The first-order chi connectivity index (χ1) is 10.3. The van der Waals surface area contributed by atoms with E-state index in [-0.39, 0.29) is 0 Å². The fourth-order valence-electron chi connectivity index (χ4n) is 2.94. The zero-order valence-corrected chi connectivity index (χ0v) is 12.6. The van der Waals surface area contributed by atoms with Crippen LogP contribution in [0.25, 0.3) is 11.5 Å². The number of rotatable bonds is 5. The second kappa shape index (κ2) is 6.87. The largest absolute Gasteiger partial charge is 0.444 e. The lowest BCUT2D eigenvalue weighted by molar-refractivity contribution is 0.232. The summed E-state index contributed by atoms with van der Waals surface area (Å²) in [5.74, 6) is 1.51. The van der Waals surface area contributed by atoms with E-state index < -0.39 is 0 Å². The Kier molecular flexibility index (Phi) is 4.68. The summed E-state index contributed by atoms with van der Waals surface area (Å²) >= 11 is 0. The molecule has 0 saturated carbocycles. The maximum absolute atomic E-state index is 5.59. The Bertz CT molecular complexity index is 546. The minimum Gasteiger partial charge on any atom is -0.444 e. The standard InChI is InChI=1S/C17H23N3O/c1-20(11-14-7-9-18-10-8-14)12-16-13-21-17(19-16)15-5-3-2-4-6-15/h2-6,13-14,18H,7-12H2,1H3. The van der Waals surface area contributed by atoms with Gasteiger partial charge in [-0.05, 0) is 51.0 Å². The molecule has 1 N–H and O–H groups in total. The lowest BCUT2D eigenvalue weighted by Crippen LogP contribution is -2.34. The van der Waals surface area contributed by atoms with E-state index in [9.17, 15) is 0 Å². The van der Waals surface area contributed by atoms with Gasteiger partial charge in [-0.1, -0.05) is 18.2 Å². The summed E-state index contributed by atoms with van der Waals surface area (Å²) in [5, 5.41) is 3.41. The summed E-state index contributed by atoms with van der Waals surface area (Å²) in [7, 11) is 2.17. The molecule has 0 atom stereocenters. The highest BCUT2D eigenvalue weighted by Gasteiger charge is 2.16. The molecule has 0 amide bonds. The molecular formula is C17H23N3O. The number of nitrogens with one attached hydrogen (secondary N) is 1. The predicted molar refractivity (Wildman–Crippen MR) is 83.9 cm³/mol. The SMILES string of the molecule is CN(Cc1coc(-c2ccccc2)n1)CC1CCNCC1. The predicted octanol–water partition coefficient (Wildman–Crippen LogP) is 2.77. The molecule has 0 radical (unpaired) electrons. The number of aromatic nitrogens is 1. The van der Waals surface area contributed by atoms with E-state index in [2.05, 4.69) is 22.2 Å². The second-order valence-corrected chi connectivity index (χ2v) is 5.90. The second-order valence-electron chi connectivity index (χ2n) is 5.90. The van der Waals surface area contributed by atoms with Crippen LogP contribution >= 0.6 is 0 Å². The average molecular weight is 285 g/mol. The third kappa shape index (κ3) is 3.93. The number of nitrogens with zero attached hydrogens (tertiary/aromatic N) is 2. The summed E-state index contributed by atoms with van der Waals surface area (Å²) in [6.45, 7) is 4.29. The average Bonchev–Trinajstić information content (AvgIpc) is 2.97. The van der Waals surface area contributed by atoms with Crippen molar-refractivity contribution >= 4 is 0 Å². The zero-order valence-electron chi connectivity index (χ0n) is 12.6. The van der Waals surface area contributed by atoms with Gasteiger partial charge in [0.25, 0.3) is 0 Å². The van der Waals surface area contributed by atoms with Crippen LogP contribution in [0.5, 0.6) is 0 Å². The quantitative estimate of drug-likeness (QED) is 0.917. The van der Waals surface area contributed by atoms with Crippen molar-refractivity contribution in [2.24, 2.45) is 5.92 Å². The van der Waals surface area contributed by atoms with Crippen molar-refractivity contribution in [3.63, 3.8) is 0 Å². The minimum atomic E-state index is 0.709. The Morgan fingerprint density at radius 3 is 2.76 bits per heavy atom. The van der Waals surface area contributed by atoms with Gasteiger partial charge in [0, 0.05) is 18.7 Å². The van der Waals surface area contributed by atoms with Gasteiger partial charge >= 0.3 is 0 Å². The van der Waals surface area contributed by atoms with E-state index in [0.29, 0.717) is 5.89 Å². The normalized spacial score (nSPS) is 16.5. The first-order valence-electron chi connectivity index (χ1n) is 7.70. The molecule has 1 fully saturated rings. The van der Waals surface area contributed by atoms with Crippen LogP contribution in [0.4, 0.5) is 0 Å². The molecule has 0 unspecified atom stereocenters. The third-order valence-corrected chi connectivity index (χ3v) is 4.03. The van der Waals surface area contributed by atoms with Gasteiger partial charge in [0.15, 0.2) is 0 Å². The van der Waals surface area contributed by atoms with E-state index in [0.717, 1.165) is 43.4 Å². The van der Waals surface area contributed by atoms with Gasteiger partial charge in [0.1, 0.15) is 6.26 Å². The number of oxazole rings is 1. The molecule has 1 aliphatic heterocycles. The number of hydrogen-bond donors (Lipinski definition) is 1. The Morgan fingerprint density at radius 2 is 2.00 bits per heavy atom. The van der Waals surface area contributed by atoms with Gasteiger partial charge in [-0.3, -0.25) is 0 Å². The van der Waals surface area contributed by atoms with Crippen LogP contribution in [0, 0.1) is 5.92 Å². The molecule has 0 bridgehead atoms. The van der Waals surface area contributed by atoms with Crippen molar-refractivity contribution in [1.82, 2.24) is 15.2 Å². The van der Waals surface area contributed by atoms with Gasteiger partial charge in [0.05, 0.1) is 5.69 Å². The number of piperidine rings is 1. The van der Waals surface area contributed by atoms with Crippen molar-refractivity contribution in [3.8, 4) is 11.5 Å². The zero-order chi connectivity index (χ0) is 14.5. The Labute approximate surface area is 126 Å². The molecule has 0 aliphatic carbocycles. The number of hydrogen-bond acceptors (Lipinski definition) is 4. The van der Waals surface area contributed by atoms with E-state index in [4.69, 9.17) is 4.42 Å². The van der Waals surface area contributed by atoms with Crippen molar-refractivity contribution in [3.05, 3.63) is 42.3 Å². The molecule has 1 aromatic carbocycles. The van der Waals surface area contributed by atoms with Gasteiger partial charge < -0.3 is 14.6 Å². The summed E-state index contributed by atoms with van der Waals surface area (Å²) < 4.78 is 5.59. The van der Waals surface area contributed by atoms with E-state index in [1.807, 2.05) is 30.3 Å².